The Morgan fingerprint density at radius 2 is 1.96 bits per heavy atom. The SMILES string of the molecule is O=C(O)C1C2CCCC2CN1C(=O)c1noc2c1CCCCC2. The fraction of sp³-hybridized carbons (Fsp3) is 0.706. The minimum Gasteiger partial charge on any atom is -0.480 e. The molecule has 2 heterocycles. The first-order valence-corrected chi connectivity index (χ1v) is 8.68. The molecule has 2 fully saturated rings. The van der Waals surface area contributed by atoms with Gasteiger partial charge in [0, 0.05) is 18.5 Å². The van der Waals surface area contributed by atoms with E-state index in [2.05, 4.69) is 5.16 Å². The normalized spacial score (nSPS) is 29.9. The van der Waals surface area contributed by atoms with Crippen LogP contribution in [0.15, 0.2) is 4.52 Å². The van der Waals surface area contributed by atoms with Crippen molar-refractivity contribution in [3.8, 4) is 0 Å². The van der Waals surface area contributed by atoms with Crippen molar-refractivity contribution in [1.29, 1.82) is 0 Å². The van der Waals surface area contributed by atoms with Gasteiger partial charge in [-0.15, -0.1) is 0 Å². The van der Waals surface area contributed by atoms with E-state index in [9.17, 15) is 14.7 Å². The summed E-state index contributed by atoms with van der Waals surface area (Å²) in [6.45, 7) is 0.544. The number of carboxylic acids is 1. The van der Waals surface area contributed by atoms with Gasteiger partial charge in [0.2, 0.25) is 0 Å². The molecule has 2 aliphatic carbocycles. The van der Waals surface area contributed by atoms with Crippen molar-refractivity contribution in [3.63, 3.8) is 0 Å². The van der Waals surface area contributed by atoms with Gasteiger partial charge >= 0.3 is 5.97 Å². The van der Waals surface area contributed by atoms with Crippen LogP contribution in [0.3, 0.4) is 0 Å². The van der Waals surface area contributed by atoms with Crippen LogP contribution in [0.4, 0.5) is 0 Å². The number of aliphatic carboxylic acids is 1. The lowest BCUT2D eigenvalue weighted by Crippen LogP contribution is -2.43. The number of carboxylic acid groups (broad SMARTS) is 1. The van der Waals surface area contributed by atoms with Crippen LogP contribution in [0.25, 0.3) is 0 Å². The zero-order valence-corrected chi connectivity index (χ0v) is 13.2. The summed E-state index contributed by atoms with van der Waals surface area (Å²) in [5.41, 5.74) is 1.27. The van der Waals surface area contributed by atoms with Crippen molar-refractivity contribution >= 4 is 11.9 Å². The zero-order valence-electron chi connectivity index (χ0n) is 13.2. The third-order valence-electron chi connectivity index (χ3n) is 5.81. The van der Waals surface area contributed by atoms with Crippen molar-refractivity contribution in [2.75, 3.05) is 6.54 Å². The number of aromatic nitrogens is 1. The molecular weight excluding hydrogens is 296 g/mol. The van der Waals surface area contributed by atoms with E-state index in [0.717, 1.165) is 62.7 Å². The van der Waals surface area contributed by atoms with Gasteiger partial charge in [-0.3, -0.25) is 4.79 Å². The van der Waals surface area contributed by atoms with Crippen LogP contribution in [-0.2, 0) is 17.6 Å². The monoisotopic (exact) mass is 318 g/mol. The fourth-order valence-electron chi connectivity index (χ4n) is 4.70. The van der Waals surface area contributed by atoms with Crippen LogP contribution in [0, 0.1) is 11.8 Å². The lowest BCUT2D eigenvalue weighted by molar-refractivity contribution is -0.142. The molecule has 3 aliphatic rings. The number of nitrogens with zero attached hydrogens (tertiary/aromatic N) is 2. The maximum atomic E-state index is 13.0. The van der Waals surface area contributed by atoms with Crippen LogP contribution in [0.1, 0.15) is 60.3 Å². The minimum atomic E-state index is -0.887. The molecule has 3 unspecified atom stereocenters. The number of carbonyl (C=O) groups excluding carboxylic acids is 1. The average molecular weight is 318 g/mol. The predicted molar refractivity (Wildman–Crippen MR) is 81.1 cm³/mol. The molecule has 0 bridgehead atoms. The number of hydrogen-bond acceptors (Lipinski definition) is 4. The summed E-state index contributed by atoms with van der Waals surface area (Å²) in [5, 5.41) is 13.6. The zero-order chi connectivity index (χ0) is 16.0. The number of carbonyl (C=O) groups is 2. The van der Waals surface area contributed by atoms with Crippen molar-refractivity contribution in [3.05, 3.63) is 17.0 Å². The molecule has 1 aromatic rings. The van der Waals surface area contributed by atoms with Gasteiger partial charge in [0.25, 0.3) is 5.91 Å². The summed E-state index contributed by atoms with van der Waals surface area (Å²) in [5.74, 6) is 0.102. The Balaban J connectivity index is 1.64. The third kappa shape index (κ3) is 2.35. The van der Waals surface area contributed by atoms with Gasteiger partial charge < -0.3 is 14.5 Å². The number of rotatable bonds is 2. The highest BCUT2D eigenvalue weighted by Crippen LogP contribution is 2.43. The van der Waals surface area contributed by atoms with Gasteiger partial charge in [-0.25, -0.2) is 4.79 Å². The molecule has 0 spiro atoms. The number of likely N-dealkylation sites (tertiary alicyclic amines) is 1. The second-order valence-electron chi connectivity index (χ2n) is 7.09. The minimum absolute atomic E-state index is 0.0990. The van der Waals surface area contributed by atoms with Gasteiger partial charge in [-0.1, -0.05) is 18.0 Å². The molecule has 1 aliphatic heterocycles. The highest BCUT2D eigenvalue weighted by atomic mass is 16.5. The van der Waals surface area contributed by atoms with Crippen molar-refractivity contribution in [1.82, 2.24) is 10.1 Å². The quantitative estimate of drug-likeness (QED) is 0.846. The molecule has 0 radical (unpaired) electrons. The van der Waals surface area contributed by atoms with Gasteiger partial charge in [-0.2, -0.15) is 0 Å². The van der Waals surface area contributed by atoms with Crippen LogP contribution in [0.5, 0.6) is 0 Å². The molecule has 0 aromatic carbocycles. The highest BCUT2D eigenvalue weighted by molar-refractivity contribution is 5.96. The topological polar surface area (TPSA) is 83.6 Å². The summed E-state index contributed by atoms with van der Waals surface area (Å²) >= 11 is 0. The van der Waals surface area contributed by atoms with E-state index in [1.807, 2.05) is 0 Å². The second kappa shape index (κ2) is 5.65. The number of aryl methyl sites for hydroxylation is 1. The summed E-state index contributed by atoms with van der Waals surface area (Å²) in [6.07, 6.45) is 7.84. The summed E-state index contributed by atoms with van der Waals surface area (Å²) in [4.78, 5) is 26.3. The first-order chi connectivity index (χ1) is 11.2. The van der Waals surface area contributed by atoms with E-state index < -0.39 is 12.0 Å². The molecule has 124 valence electrons. The summed E-state index contributed by atoms with van der Waals surface area (Å²) in [7, 11) is 0. The Morgan fingerprint density at radius 3 is 2.78 bits per heavy atom. The molecular formula is C17H22N2O4. The number of hydrogen-bond donors (Lipinski definition) is 1. The Hall–Kier alpha value is -1.85. The third-order valence-corrected chi connectivity index (χ3v) is 5.81. The van der Waals surface area contributed by atoms with Crippen LogP contribution in [0.2, 0.25) is 0 Å². The molecule has 4 rings (SSSR count). The Kier molecular flexibility index (Phi) is 3.62. The lowest BCUT2D eigenvalue weighted by atomic mass is 9.94. The standard InChI is InChI=1S/C17H22N2O4/c20-16(14-12-6-2-1-3-8-13(12)23-18-14)19-9-10-5-4-7-11(10)15(19)17(21)22/h10-11,15H,1-9H2,(H,21,22). The molecule has 1 amide bonds. The maximum absolute atomic E-state index is 13.0. The van der Waals surface area contributed by atoms with E-state index in [4.69, 9.17) is 4.52 Å². The van der Waals surface area contributed by atoms with E-state index in [1.165, 1.54) is 0 Å². The van der Waals surface area contributed by atoms with Gasteiger partial charge in [-0.05, 0) is 43.9 Å². The maximum Gasteiger partial charge on any atom is 0.326 e. The van der Waals surface area contributed by atoms with Crippen molar-refractivity contribution < 1.29 is 19.2 Å². The van der Waals surface area contributed by atoms with Crippen LogP contribution >= 0.6 is 0 Å². The average Bonchev–Trinajstić information content (AvgIpc) is 3.16. The van der Waals surface area contributed by atoms with Gasteiger partial charge in [0.15, 0.2) is 5.69 Å². The Morgan fingerprint density at radius 1 is 1.13 bits per heavy atom. The van der Waals surface area contributed by atoms with Crippen molar-refractivity contribution in [2.24, 2.45) is 11.8 Å². The molecule has 6 nitrogen and oxygen atoms in total. The van der Waals surface area contributed by atoms with E-state index in [0.29, 0.717) is 18.2 Å². The smallest absolute Gasteiger partial charge is 0.326 e. The molecule has 1 aromatic heterocycles. The van der Waals surface area contributed by atoms with Crippen LogP contribution in [-0.4, -0.2) is 39.6 Å². The summed E-state index contributed by atoms with van der Waals surface area (Å²) < 4.78 is 5.39. The van der Waals surface area contributed by atoms with Crippen LogP contribution < -0.4 is 0 Å². The molecule has 3 atom stereocenters. The first kappa shape index (κ1) is 14.7. The summed E-state index contributed by atoms with van der Waals surface area (Å²) in [6, 6.07) is -0.701. The van der Waals surface area contributed by atoms with Gasteiger partial charge in [0.1, 0.15) is 11.8 Å². The molecule has 1 saturated heterocycles. The Bertz CT molecular complexity index is 639. The van der Waals surface area contributed by atoms with E-state index in [-0.39, 0.29) is 11.8 Å². The van der Waals surface area contributed by atoms with E-state index in [1.54, 1.807) is 4.90 Å². The lowest BCUT2D eigenvalue weighted by Gasteiger charge is -2.23. The second-order valence-corrected chi connectivity index (χ2v) is 7.09. The number of fused-ring (bicyclic) bond motifs is 2. The molecule has 23 heavy (non-hydrogen) atoms. The predicted octanol–water partition coefficient (Wildman–Crippen LogP) is 2.27. The first-order valence-electron chi connectivity index (χ1n) is 8.68. The molecule has 1 N–H and O–H groups in total. The van der Waals surface area contributed by atoms with Crippen molar-refractivity contribution in [2.45, 2.75) is 57.4 Å². The van der Waals surface area contributed by atoms with E-state index >= 15 is 0 Å². The number of amides is 1. The fourth-order valence-corrected chi connectivity index (χ4v) is 4.70. The molecule has 1 saturated carbocycles. The largest absolute Gasteiger partial charge is 0.480 e. The van der Waals surface area contributed by atoms with Gasteiger partial charge in [0.05, 0.1) is 0 Å². The Labute approximate surface area is 134 Å². The molecule has 6 heteroatoms. The highest BCUT2D eigenvalue weighted by Gasteiger charge is 2.50.